The highest BCUT2D eigenvalue weighted by atomic mass is 16.1. The average Bonchev–Trinajstić information content (AvgIpc) is 2.32. The van der Waals surface area contributed by atoms with Gasteiger partial charge in [0.2, 0.25) is 0 Å². The summed E-state index contributed by atoms with van der Waals surface area (Å²) in [6, 6.07) is 11.3. The smallest absolute Gasteiger partial charge is 0.266 e. The lowest BCUT2D eigenvalue weighted by molar-refractivity contribution is 0.590. The zero-order chi connectivity index (χ0) is 12.3. The average molecular weight is 229 g/mol. The molecule has 0 bridgehead atoms. The van der Waals surface area contributed by atoms with Crippen LogP contribution in [-0.2, 0) is 6.54 Å². The van der Waals surface area contributed by atoms with Crippen LogP contribution in [0.25, 0.3) is 11.3 Å². The highest BCUT2D eigenvalue weighted by Gasteiger charge is 2.02. The summed E-state index contributed by atoms with van der Waals surface area (Å²) in [5.41, 5.74) is 8.29. The van der Waals surface area contributed by atoms with Crippen LogP contribution in [0, 0.1) is 6.92 Å². The van der Waals surface area contributed by atoms with Gasteiger partial charge in [-0.1, -0.05) is 23.8 Å². The van der Waals surface area contributed by atoms with Gasteiger partial charge in [0.25, 0.3) is 5.56 Å². The van der Waals surface area contributed by atoms with Crippen molar-refractivity contribution in [1.29, 1.82) is 0 Å². The van der Waals surface area contributed by atoms with E-state index in [0.717, 1.165) is 11.3 Å². The third kappa shape index (κ3) is 2.60. The van der Waals surface area contributed by atoms with Crippen LogP contribution < -0.4 is 11.3 Å². The second kappa shape index (κ2) is 4.93. The molecule has 0 unspecified atom stereocenters. The summed E-state index contributed by atoms with van der Waals surface area (Å²) in [6.07, 6.45) is 0. The van der Waals surface area contributed by atoms with Gasteiger partial charge < -0.3 is 5.73 Å². The van der Waals surface area contributed by atoms with Crippen LogP contribution in [0.3, 0.4) is 0 Å². The predicted molar refractivity (Wildman–Crippen MR) is 67.7 cm³/mol. The number of rotatable bonds is 3. The van der Waals surface area contributed by atoms with Gasteiger partial charge in [0.15, 0.2) is 0 Å². The second-order valence-corrected chi connectivity index (χ2v) is 3.94. The molecular weight excluding hydrogens is 214 g/mol. The lowest BCUT2D eigenvalue weighted by Gasteiger charge is -2.06. The predicted octanol–water partition coefficient (Wildman–Crippen LogP) is 1.18. The number of hydrogen-bond donors (Lipinski definition) is 1. The molecule has 0 radical (unpaired) electrons. The van der Waals surface area contributed by atoms with Gasteiger partial charge in [-0.25, -0.2) is 4.68 Å². The van der Waals surface area contributed by atoms with Crippen molar-refractivity contribution in [3.63, 3.8) is 0 Å². The Labute approximate surface area is 99.7 Å². The van der Waals surface area contributed by atoms with Crippen LogP contribution in [0.15, 0.2) is 41.2 Å². The normalized spacial score (nSPS) is 10.5. The van der Waals surface area contributed by atoms with Crippen LogP contribution in [0.1, 0.15) is 5.56 Å². The largest absolute Gasteiger partial charge is 0.329 e. The lowest BCUT2D eigenvalue weighted by atomic mass is 10.1. The van der Waals surface area contributed by atoms with Gasteiger partial charge in [-0.2, -0.15) is 5.10 Å². The van der Waals surface area contributed by atoms with Crippen LogP contribution in [0.2, 0.25) is 0 Å². The molecule has 4 nitrogen and oxygen atoms in total. The van der Waals surface area contributed by atoms with E-state index in [1.165, 1.54) is 16.3 Å². The Bertz CT molecular complexity index is 575. The van der Waals surface area contributed by atoms with Crippen molar-refractivity contribution in [1.82, 2.24) is 9.78 Å². The monoisotopic (exact) mass is 229 g/mol. The van der Waals surface area contributed by atoms with Crippen LogP contribution in [0.5, 0.6) is 0 Å². The number of aryl methyl sites for hydroxylation is 1. The van der Waals surface area contributed by atoms with Gasteiger partial charge in [-0.15, -0.1) is 0 Å². The van der Waals surface area contributed by atoms with E-state index in [4.69, 9.17) is 5.73 Å². The topological polar surface area (TPSA) is 60.9 Å². The number of nitrogens with two attached hydrogens (primary N) is 1. The van der Waals surface area contributed by atoms with Gasteiger partial charge in [0, 0.05) is 18.2 Å². The van der Waals surface area contributed by atoms with E-state index in [-0.39, 0.29) is 5.56 Å². The molecule has 0 amide bonds. The van der Waals surface area contributed by atoms with Crippen molar-refractivity contribution in [3.8, 4) is 11.3 Å². The van der Waals surface area contributed by atoms with Crippen molar-refractivity contribution < 1.29 is 0 Å². The molecular formula is C13H15N3O. The molecule has 88 valence electrons. The summed E-state index contributed by atoms with van der Waals surface area (Å²) < 4.78 is 1.40. The molecule has 0 aliphatic rings. The Hall–Kier alpha value is -1.94. The minimum absolute atomic E-state index is 0.119. The maximum Gasteiger partial charge on any atom is 0.266 e. The van der Waals surface area contributed by atoms with Gasteiger partial charge in [0.05, 0.1) is 12.2 Å². The first kappa shape index (κ1) is 11.5. The second-order valence-electron chi connectivity index (χ2n) is 3.94. The van der Waals surface area contributed by atoms with E-state index in [9.17, 15) is 4.79 Å². The molecule has 1 heterocycles. The molecule has 0 aliphatic heterocycles. The first-order valence-corrected chi connectivity index (χ1v) is 5.56. The Kier molecular flexibility index (Phi) is 3.35. The van der Waals surface area contributed by atoms with Gasteiger partial charge in [-0.05, 0) is 19.1 Å². The number of benzene rings is 1. The SMILES string of the molecule is Cc1cccc(-c2ccc(=O)n(CCN)n2)c1. The number of nitrogens with zero attached hydrogens (tertiary/aromatic N) is 2. The van der Waals surface area contributed by atoms with Crippen LogP contribution in [0.4, 0.5) is 0 Å². The van der Waals surface area contributed by atoms with E-state index in [1.807, 2.05) is 31.2 Å². The molecule has 0 atom stereocenters. The van der Waals surface area contributed by atoms with Crippen molar-refractivity contribution in [3.05, 3.63) is 52.3 Å². The summed E-state index contributed by atoms with van der Waals surface area (Å²) >= 11 is 0. The fourth-order valence-corrected chi connectivity index (χ4v) is 1.69. The molecule has 0 saturated heterocycles. The molecule has 0 fully saturated rings. The van der Waals surface area contributed by atoms with E-state index < -0.39 is 0 Å². The highest BCUT2D eigenvalue weighted by molar-refractivity contribution is 5.59. The highest BCUT2D eigenvalue weighted by Crippen LogP contribution is 2.16. The number of aromatic nitrogens is 2. The fourth-order valence-electron chi connectivity index (χ4n) is 1.69. The first-order valence-electron chi connectivity index (χ1n) is 5.56. The Morgan fingerprint density at radius 3 is 2.82 bits per heavy atom. The first-order chi connectivity index (χ1) is 8.20. The van der Waals surface area contributed by atoms with Crippen LogP contribution >= 0.6 is 0 Å². The third-order valence-electron chi connectivity index (χ3n) is 2.52. The van der Waals surface area contributed by atoms with Crippen molar-refractivity contribution in [2.24, 2.45) is 5.73 Å². The zero-order valence-electron chi connectivity index (χ0n) is 9.76. The molecule has 2 aromatic rings. The Morgan fingerprint density at radius 1 is 1.29 bits per heavy atom. The molecule has 17 heavy (non-hydrogen) atoms. The molecule has 4 heteroatoms. The summed E-state index contributed by atoms with van der Waals surface area (Å²) in [5, 5.41) is 4.30. The molecule has 1 aromatic heterocycles. The zero-order valence-corrected chi connectivity index (χ0v) is 9.76. The van der Waals surface area contributed by atoms with E-state index >= 15 is 0 Å². The molecule has 0 aliphatic carbocycles. The van der Waals surface area contributed by atoms with Crippen LogP contribution in [-0.4, -0.2) is 16.3 Å². The minimum Gasteiger partial charge on any atom is -0.329 e. The quantitative estimate of drug-likeness (QED) is 0.859. The molecule has 0 spiro atoms. The Balaban J connectivity index is 2.46. The summed E-state index contributed by atoms with van der Waals surface area (Å²) in [4.78, 5) is 11.5. The van der Waals surface area contributed by atoms with Crippen molar-refractivity contribution in [2.45, 2.75) is 13.5 Å². The van der Waals surface area contributed by atoms with E-state index in [1.54, 1.807) is 6.07 Å². The summed E-state index contributed by atoms with van der Waals surface area (Å²) in [6.45, 7) is 2.88. The van der Waals surface area contributed by atoms with E-state index in [0.29, 0.717) is 13.1 Å². The molecule has 0 saturated carbocycles. The van der Waals surface area contributed by atoms with Crippen molar-refractivity contribution in [2.75, 3.05) is 6.54 Å². The van der Waals surface area contributed by atoms with Gasteiger partial charge in [-0.3, -0.25) is 4.79 Å². The van der Waals surface area contributed by atoms with Gasteiger partial charge in [0.1, 0.15) is 0 Å². The molecule has 2 rings (SSSR count). The maximum atomic E-state index is 11.5. The maximum absolute atomic E-state index is 11.5. The van der Waals surface area contributed by atoms with E-state index in [2.05, 4.69) is 5.10 Å². The number of hydrogen-bond acceptors (Lipinski definition) is 3. The standard InChI is InChI=1S/C13H15N3O/c1-10-3-2-4-11(9-10)12-5-6-13(17)16(15-12)8-7-14/h2-6,9H,7-8,14H2,1H3. The summed E-state index contributed by atoms with van der Waals surface area (Å²) in [5.74, 6) is 0. The molecule has 1 aromatic carbocycles. The minimum atomic E-state index is -0.119. The fraction of sp³-hybridized carbons (Fsp3) is 0.231. The molecule has 2 N–H and O–H groups in total. The third-order valence-corrected chi connectivity index (χ3v) is 2.52. The summed E-state index contributed by atoms with van der Waals surface area (Å²) in [7, 11) is 0. The van der Waals surface area contributed by atoms with Crippen molar-refractivity contribution >= 4 is 0 Å². The Morgan fingerprint density at radius 2 is 2.12 bits per heavy atom. The lowest BCUT2D eigenvalue weighted by Crippen LogP contribution is -2.25. The van der Waals surface area contributed by atoms with Gasteiger partial charge >= 0.3 is 0 Å².